The molecule has 0 saturated heterocycles. The molecule has 8 heteroatoms. The number of rotatable bonds is 4. The van der Waals surface area contributed by atoms with Crippen molar-refractivity contribution in [3.63, 3.8) is 0 Å². The molecule has 1 atom stereocenters. The van der Waals surface area contributed by atoms with Crippen LogP contribution in [0.5, 0.6) is 0 Å². The maximum absolute atomic E-state index is 13.7. The molecule has 5 nitrogen and oxygen atoms in total. The van der Waals surface area contributed by atoms with Crippen molar-refractivity contribution in [3.8, 4) is 0 Å². The van der Waals surface area contributed by atoms with Crippen LogP contribution >= 0.6 is 12.2 Å². The highest BCUT2D eigenvalue weighted by Gasteiger charge is 2.13. The molecule has 2 aromatic carbocycles. The zero-order valence-electron chi connectivity index (χ0n) is 12.0. The molecule has 2 N–H and O–H groups in total. The van der Waals surface area contributed by atoms with E-state index in [2.05, 4.69) is 10.6 Å². The third-order valence-electron chi connectivity index (χ3n) is 3.11. The SMILES string of the molecule is C[C@@H](NC(=S)Nc1ccc([N+](=O)[O-])cc1)c1ccc(F)cc1F. The number of non-ortho nitro benzene ring substituents is 1. The van der Waals surface area contributed by atoms with Gasteiger partial charge in [0, 0.05) is 29.4 Å². The first-order valence-electron chi connectivity index (χ1n) is 6.63. The van der Waals surface area contributed by atoms with E-state index in [1.165, 1.54) is 36.4 Å². The van der Waals surface area contributed by atoms with E-state index in [-0.39, 0.29) is 16.4 Å². The summed E-state index contributed by atoms with van der Waals surface area (Å²) in [5, 5.41) is 16.5. The minimum atomic E-state index is -0.664. The fourth-order valence-electron chi connectivity index (χ4n) is 1.96. The molecule has 0 aliphatic carbocycles. The van der Waals surface area contributed by atoms with Gasteiger partial charge in [-0.15, -0.1) is 0 Å². The van der Waals surface area contributed by atoms with E-state index in [4.69, 9.17) is 12.2 Å². The lowest BCUT2D eigenvalue weighted by Crippen LogP contribution is -2.31. The van der Waals surface area contributed by atoms with Crippen molar-refractivity contribution in [2.75, 3.05) is 5.32 Å². The van der Waals surface area contributed by atoms with Crippen molar-refractivity contribution in [2.45, 2.75) is 13.0 Å². The van der Waals surface area contributed by atoms with Crippen LogP contribution in [0.15, 0.2) is 42.5 Å². The van der Waals surface area contributed by atoms with Crippen LogP contribution < -0.4 is 10.6 Å². The van der Waals surface area contributed by atoms with E-state index < -0.39 is 22.6 Å². The monoisotopic (exact) mass is 337 g/mol. The van der Waals surface area contributed by atoms with Crippen LogP contribution in [0.4, 0.5) is 20.2 Å². The van der Waals surface area contributed by atoms with E-state index in [0.29, 0.717) is 5.69 Å². The van der Waals surface area contributed by atoms with Gasteiger partial charge in [-0.05, 0) is 37.3 Å². The molecule has 2 aromatic rings. The van der Waals surface area contributed by atoms with Gasteiger partial charge < -0.3 is 10.6 Å². The van der Waals surface area contributed by atoms with Gasteiger partial charge in [-0.2, -0.15) is 0 Å². The molecule has 0 fully saturated rings. The van der Waals surface area contributed by atoms with Crippen LogP contribution in [0.3, 0.4) is 0 Å². The van der Waals surface area contributed by atoms with Crippen molar-refractivity contribution < 1.29 is 13.7 Å². The van der Waals surface area contributed by atoms with Crippen molar-refractivity contribution >= 4 is 28.7 Å². The smallest absolute Gasteiger partial charge is 0.269 e. The Hall–Kier alpha value is -2.61. The molecule has 0 unspecified atom stereocenters. The minimum Gasteiger partial charge on any atom is -0.356 e. The van der Waals surface area contributed by atoms with E-state index in [1.54, 1.807) is 6.92 Å². The molecule has 0 radical (unpaired) electrons. The molecule has 0 amide bonds. The standard InChI is InChI=1S/C15H13F2N3O2S/c1-9(13-7-2-10(16)8-14(13)17)18-15(23)19-11-3-5-12(6-4-11)20(21)22/h2-9H,1H3,(H2,18,19,23)/t9-/m1/s1. The Balaban J connectivity index is 1.99. The topological polar surface area (TPSA) is 67.2 Å². The Morgan fingerprint density at radius 1 is 1.22 bits per heavy atom. The summed E-state index contributed by atoms with van der Waals surface area (Å²) in [5.74, 6) is -1.31. The number of hydrogen-bond acceptors (Lipinski definition) is 3. The number of halogens is 2. The number of nitro groups is 1. The van der Waals surface area contributed by atoms with E-state index in [9.17, 15) is 18.9 Å². The molecular weight excluding hydrogens is 324 g/mol. The van der Waals surface area contributed by atoms with Gasteiger partial charge in [0.1, 0.15) is 11.6 Å². The molecule has 0 saturated carbocycles. The summed E-state index contributed by atoms with van der Waals surface area (Å²) in [6.45, 7) is 1.68. The molecule has 0 aliphatic heterocycles. The number of anilines is 1. The number of thiocarbonyl (C=S) groups is 1. The summed E-state index contributed by atoms with van der Waals surface area (Å²) in [6, 6.07) is 8.54. The van der Waals surface area contributed by atoms with E-state index >= 15 is 0 Å². The zero-order valence-corrected chi connectivity index (χ0v) is 12.9. The Kier molecular flexibility index (Phi) is 5.17. The second kappa shape index (κ2) is 7.10. The van der Waals surface area contributed by atoms with Crippen LogP contribution in [0.2, 0.25) is 0 Å². The minimum absolute atomic E-state index is 0.0313. The quantitative estimate of drug-likeness (QED) is 0.503. The molecule has 0 aromatic heterocycles. The van der Waals surface area contributed by atoms with Crippen LogP contribution in [-0.2, 0) is 0 Å². The van der Waals surface area contributed by atoms with Gasteiger partial charge in [-0.3, -0.25) is 10.1 Å². The lowest BCUT2D eigenvalue weighted by molar-refractivity contribution is -0.384. The first-order valence-corrected chi connectivity index (χ1v) is 7.04. The summed E-state index contributed by atoms with van der Waals surface area (Å²) >= 11 is 5.11. The Labute approximate surface area is 136 Å². The molecule has 0 spiro atoms. The third kappa shape index (κ3) is 4.43. The van der Waals surface area contributed by atoms with Gasteiger partial charge >= 0.3 is 0 Å². The number of benzene rings is 2. The molecule has 0 heterocycles. The lowest BCUT2D eigenvalue weighted by Gasteiger charge is -2.18. The fraction of sp³-hybridized carbons (Fsp3) is 0.133. The van der Waals surface area contributed by atoms with Gasteiger partial charge in [0.05, 0.1) is 11.0 Å². The summed E-state index contributed by atoms with van der Waals surface area (Å²) in [5.41, 5.74) is 0.801. The molecule has 23 heavy (non-hydrogen) atoms. The number of hydrogen-bond donors (Lipinski definition) is 2. The average molecular weight is 337 g/mol. The second-order valence-corrected chi connectivity index (χ2v) is 5.20. The molecule has 120 valence electrons. The Morgan fingerprint density at radius 3 is 2.43 bits per heavy atom. The molecule has 0 bridgehead atoms. The Bertz CT molecular complexity index is 738. The highest BCUT2D eigenvalue weighted by atomic mass is 32.1. The first kappa shape index (κ1) is 16.8. The van der Waals surface area contributed by atoms with Crippen molar-refractivity contribution in [1.82, 2.24) is 5.32 Å². The maximum Gasteiger partial charge on any atom is 0.269 e. The number of nitro benzene ring substituents is 1. The van der Waals surface area contributed by atoms with Gasteiger partial charge in [-0.25, -0.2) is 8.78 Å². The van der Waals surface area contributed by atoms with Crippen molar-refractivity contribution in [1.29, 1.82) is 0 Å². The highest BCUT2D eigenvalue weighted by Crippen LogP contribution is 2.19. The van der Waals surface area contributed by atoms with Gasteiger partial charge in [-0.1, -0.05) is 6.07 Å². The fourth-order valence-corrected chi connectivity index (χ4v) is 2.26. The second-order valence-electron chi connectivity index (χ2n) is 4.79. The maximum atomic E-state index is 13.7. The largest absolute Gasteiger partial charge is 0.356 e. The van der Waals surface area contributed by atoms with Crippen LogP contribution in [0.25, 0.3) is 0 Å². The van der Waals surface area contributed by atoms with Crippen molar-refractivity contribution in [3.05, 3.63) is 69.8 Å². The van der Waals surface area contributed by atoms with Crippen LogP contribution in [0, 0.1) is 21.7 Å². The normalized spacial score (nSPS) is 11.6. The van der Waals surface area contributed by atoms with Crippen LogP contribution in [0.1, 0.15) is 18.5 Å². The van der Waals surface area contributed by atoms with Gasteiger partial charge in [0.15, 0.2) is 5.11 Å². The molecule has 2 rings (SSSR count). The average Bonchev–Trinajstić information content (AvgIpc) is 2.47. The third-order valence-corrected chi connectivity index (χ3v) is 3.33. The Morgan fingerprint density at radius 2 is 1.87 bits per heavy atom. The number of nitrogens with one attached hydrogen (secondary N) is 2. The summed E-state index contributed by atoms with van der Waals surface area (Å²) < 4.78 is 26.6. The van der Waals surface area contributed by atoms with E-state index in [0.717, 1.165) is 6.07 Å². The van der Waals surface area contributed by atoms with Crippen molar-refractivity contribution in [2.24, 2.45) is 0 Å². The summed E-state index contributed by atoms with van der Waals surface area (Å²) in [4.78, 5) is 10.1. The van der Waals surface area contributed by atoms with Gasteiger partial charge in [0.2, 0.25) is 0 Å². The van der Waals surface area contributed by atoms with Crippen LogP contribution in [-0.4, -0.2) is 10.0 Å². The summed E-state index contributed by atoms with van der Waals surface area (Å²) in [7, 11) is 0. The first-order chi connectivity index (χ1) is 10.9. The van der Waals surface area contributed by atoms with Gasteiger partial charge in [0.25, 0.3) is 5.69 Å². The number of nitrogens with zero attached hydrogens (tertiary/aromatic N) is 1. The van der Waals surface area contributed by atoms with E-state index in [1.807, 2.05) is 0 Å². The highest BCUT2D eigenvalue weighted by molar-refractivity contribution is 7.80. The summed E-state index contributed by atoms with van der Waals surface area (Å²) in [6.07, 6.45) is 0. The lowest BCUT2D eigenvalue weighted by atomic mass is 10.1. The molecule has 0 aliphatic rings. The zero-order chi connectivity index (χ0) is 17.0. The molecular formula is C15H13F2N3O2S. The predicted molar refractivity (Wildman–Crippen MR) is 87.2 cm³/mol. The predicted octanol–water partition coefficient (Wildman–Crippen LogP) is 3.92.